The molecule has 2 rings (SSSR count). The molecule has 0 radical (unpaired) electrons. The minimum absolute atomic E-state index is 0.263. The van der Waals surface area contributed by atoms with Crippen molar-refractivity contribution in [3.05, 3.63) is 55.6 Å². The number of hydrogen-bond acceptors (Lipinski definition) is 2. The number of hydrogen-bond donors (Lipinski definition) is 2. The summed E-state index contributed by atoms with van der Waals surface area (Å²) in [6.45, 7) is 1.85. The zero-order valence-electron chi connectivity index (χ0n) is 11.4. The Morgan fingerprint density at radius 1 is 0.955 bits per heavy atom. The highest BCUT2D eigenvalue weighted by Crippen LogP contribution is 2.25. The first kappa shape index (κ1) is 17.1. The topological polar surface area (TPSA) is 58.2 Å². The van der Waals surface area contributed by atoms with Crippen molar-refractivity contribution < 1.29 is 9.59 Å². The fraction of sp³-hybridized carbons (Fsp3) is 0.0667. The number of halogens is 3. The molecule has 4 nitrogen and oxygen atoms in total. The second kappa shape index (κ2) is 7.30. The van der Waals surface area contributed by atoms with Crippen LogP contribution < -0.4 is 10.6 Å². The summed E-state index contributed by atoms with van der Waals surface area (Å²) in [4.78, 5) is 23.9. The van der Waals surface area contributed by atoms with Crippen molar-refractivity contribution in [1.29, 1.82) is 0 Å². The number of carbonyl (C=O) groups is 2. The van der Waals surface area contributed by atoms with Gasteiger partial charge in [0.05, 0.1) is 10.7 Å². The van der Waals surface area contributed by atoms with Gasteiger partial charge in [0, 0.05) is 14.3 Å². The second-order valence-corrected chi connectivity index (χ2v) is 6.58. The minimum atomic E-state index is -0.804. The fourth-order valence-corrected chi connectivity index (χ4v) is 2.82. The van der Waals surface area contributed by atoms with E-state index in [1.165, 1.54) is 12.1 Å². The van der Waals surface area contributed by atoms with Gasteiger partial charge in [-0.1, -0.05) is 23.2 Å². The molecule has 2 amide bonds. The standard InChI is InChI=1S/C15H11Cl2IN2O2/c1-8-6-10(18)3-5-12(8)19-14(21)15(22)20-13-4-2-9(16)7-11(13)17/h2-7H,1H3,(H,19,21)(H,20,22). The molecule has 0 saturated heterocycles. The molecule has 0 bridgehead atoms. The summed E-state index contributed by atoms with van der Waals surface area (Å²) in [7, 11) is 0. The van der Waals surface area contributed by atoms with Gasteiger partial charge in [-0.15, -0.1) is 0 Å². The first-order valence-electron chi connectivity index (χ1n) is 6.20. The molecular weight excluding hydrogens is 438 g/mol. The van der Waals surface area contributed by atoms with Crippen LogP contribution in [0.1, 0.15) is 5.56 Å². The highest BCUT2D eigenvalue weighted by Gasteiger charge is 2.16. The van der Waals surface area contributed by atoms with Gasteiger partial charge in [0.2, 0.25) is 0 Å². The van der Waals surface area contributed by atoms with E-state index in [0.29, 0.717) is 16.4 Å². The maximum absolute atomic E-state index is 11.9. The molecule has 22 heavy (non-hydrogen) atoms. The Bertz CT molecular complexity index is 687. The van der Waals surface area contributed by atoms with Crippen molar-refractivity contribution >= 4 is 69.0 Å². The van der Waals surface area contributed by atoms with E-state index in [9.17, 15) is 9.59 Å². The van der Waals surface area contributed by atoms with Crippen LogP contribution in [0.5, 0.6) is 0 Å². The van der Waals surface area contributed by atoms with Crippen molar-refractivity contribution in [3.63, 3.8) is 0 Å². The quantitative estimate of drug-likeness (QED) is 0.525. The van der Waals surface area contributed by atoms with Crippen molar-refractivity contribution in [2.45, 2.75) is 6.92 Å². The lowest BCUT2D eigenvalue weighted by Gasteiger charge is -2.10. The number of carbonyl (C=O) groups excluding carboxylic acids is 2. The van der Waals surface area contributed by atoms with Crippen LogP contribution in [0.2, 0.25) is 10.0 Å². The van der Waals surface area contributed by atoms with Gasteiger partial charge in [0.1, 0.15) is 0 Å². The van der Waals surface area contributed by atoms with Gasteiger partial charge in [-0.2, -0.15) is 0 Å². The average molecular weight is 449 g/mol. The summed E-state index contributed by atoms with van der Waals surface area (Å²) in [5, 5.41) is 5.72. The van der Waals surface area contributed by atoms with Crippen LogP contribution in [0, 0.1) is 10.5 Å². The number of anilines is 2. The summed E-state index contributed by atoms with van der Waals surface area (Å²) in [5.41, 5.74) is 1.78. The Kier molecular flexibility index (Phi) is 5.66. The molecule has 2 aromatic carbocycles. The summed E-state index contributed by atoms with van der Waals surface area (Å²) in [6.07, 6.45) is 0. The van der Waals surface area contributed by atoms with Crippen molar-refractivity contribution in [3.8, 4) is 0 Å². The summed E-state index contributed by atoms with van der Waals surface area (Å²) < 4.78 is 1.05. The molecule has 0 unspecified atom stereocenters. The van der Waals surface area contributed by atoms with Crippen LogP contribution in [0.4, 0.5) is 11.4 Å². The number of benzene rings is 2. The van der Waals surface area contributed by atoms with Crippen LogP contribution in [0.25, 0.3) is 0 Å². The minimum Gasteiger partial charge on any atom is -0.318 e. The van der Waals surface area contributed by atoms with Crippen molar-refractivity contribution in [1.82, 2.24) is 0 Å². The molecular formula is C15H11Cl2IN2O2. The highest BCUT2D eigenvalue weighted by molar-refractivity contribution is 14.1. The van der Waals surface area contributed by atoms with Gasteiger partial charge in [0.15, 0.2) is 0 Å². The molecule has 2 N–H and O–H groups in total. The average Bonchev–Trinajstić information content (AvgIpc) is 2.44. The number of amides is 2. The van der Waals surface area contributed by atoms with E-state index in [0.717, 1.165) is 9.13 Å². The fourth-order valence-electron chi connectivity index (χ4n) is 1.72. The zero-order chi connectivity index (χ0) is 16.3. The first-order valence-corrected chi connectivity index (χ1v) is 8.04. The predicted molar refractivity (Wildman–Crippen MR) is 97.6 cm³/mol. The maximum Gasteiger partial charge on any atom is 0.314 e. The van der Waals surface area contributed by atoms with Crippen LogP contribution >= 0.6 is 45.8 Å². The number of nitrogens with one attached hydrogen (secondary N) is 2. The Balaban J connectivity index is 2.07. The van der Waals surface area contributed by atoms with Crippen LogP contribution in [-0.2, 0) is 9.59 Å². The summed E-state index contributed by atoms with van der Waals surface area (Å²) in [5.74, 6) is -1.57. The Morgan fingerprint density at radius 3 is 2.14 bits per heavy atom. The van der Waals surface area contributed by atoms with Gasteiger partial charge in [-0.05, 0) is 71.5 Å². The molecule has 0 aliphatic heterocycles. The third-order valence-corrected chi connectivity index (χ3v) is 4.04. The van der Waals surface area contributed by atoms with E-state index in [2.05, 4.69) is 33.2 Å². The molecule has 0 aliphatic rings. The molecule has 7 heteroatoms. The van der Waals surface area contributed by atoms with E-state index < -0.39 is 11.8 Å². The largest absolute Gasteiger partial charge is 0.318 e. The SMILES string of the molecule is Cc1cc(I)ccc1NC(=O)C(=O)Nc1ccc(Cl)cc1Cl. The van der Waals surface area contributed by atoms with Gasteiger partial charge in [-0.25, -0.2) is 0 Å². The summed E-state index contributed by atoms with van der Waals surface area (Å²) >= 11 is 13.9. The smallest absolute Gasteiger partial charge is 0.314 e. The van der Waals surface area contributed by atoms with E-state index in [-0.39, 0.29) is 5.02 Å². The second-order valence-electron chi connectivity index (χ2n) is 4.49. The Labute approximate surface area is 151 Å². The maximum atomic E-state index is 11.9. The molecule has 0 aromatic heterocycles. The monoisotopic (exact) mass is 448 g/mol. The lowest BCUT2D eigenvalue weighted by Crippen LogP contribution is -2.29. The molecule has 0 spiro atoms. The van der Waals surface area contributed by atoms with E-state index >= 15 is 0 Å². The van der Waals surface area contributed by atoms with Crippen LogP contribution in [-0.4, -0.2) is 11.8 Å². The normalized spacial score (nSPS) is 10.2. The molecule has 0 heterocycles. The van der Waals surface area contributed by atoms with Crippen molar-refractivity contribution in [2.24, 2.45) is 0 Å². The third kappa shape index (κ3) is 4.34. The molecule has 114 valence electrons. The molecule has 0 atom stereocenters. The van der Waals surface area contributed by atoms with E-state index in [1.807, 2.05) is 19.1 Å². The van der Waals surface area contributed by atoms with Gasteiger partial charge >= 0.3 is 11.8 Å². The van der Waals surface area contributed by atoms with Gasteiger partial charge in [0.25, 0.3) is 0 Å². The van der Waals surface area contributed by atoms with Gasteiger partial charge < -0.3 is 10.6 Å². The Morgan fingerprint density at radius 2 is 1.55 bits per heavy atom. The van der Waals surface area contributed by atoms with Crippen molar-refractivity contribution in [2.75, 3.05) is 10.6 Å². The number of aryl methyl sites for hydroxylation is 1. The zero-order valence-corrected chi connectivity index (χ0v) is 15.1. The molecule has 0 saturated carbocycles. The van der Waals surface area contributed by atoms with Crippen LogP contribution in [0.15, 0.2) is 36.4 Å². The lowest BCUT2D eigenvalue weighted by atomic mass is 10.2. The van der Waals surface area contributed by atoms with Crippen LogP contribution in [0.3, 0.4) is 0 Å². The first-order chi connectivity index (χ1) is 10.4. The number of rotatable bonds is 2. The summed E-state index contributed by atoms with van der Waals surface area (Å²) in [6, 6.07) is 10.1. The highest BCUT2D eigenvalue weighted by atomic mass is 127. The molecule has 0 aliphatic carbocycles. The van der Waals surface area contributed by atoms with E-state index in [4.69, 9.17) is 23.2 Å². The predicted octanol–water partition coefficient (Wildman–Crippen LogP) is 4.48. The Hall–Kier alpha value is -1.31. The lowest BCUT2D eigenvalue weighted by molar-refractivity contribution is -0.133. The van der Waals surface area contributed by atoms with Gasteiger partial charge in [-0.3, -0.25) is 9.59 Å². The van der Waals surface area contributed by atoms with E-state index in [1.54, 1.807) is 12.1 Å². The third-order valence-electron chi connectivity index (χ3n) is 2.82. The molecule has 2 aromatic rings. The molecule has 0 fully saturated rings.